The van der Waals surface area contributed by atoms with Crippen molar-refractivity contribution < 1.29 is 4.79 Å². The molecule has 1 N–H and O–H groups in total. The summed E-state index contributed by atoms with van der Waals surface area (Å²) in [6.45, 7) is 1.99. The summed E-state index contributed by atoms with van der Waals surface area (Å²) in [6.07, 6.45) is 1.86. The highest BCUT2D eigenvalue weighted by Gasteiger charge is 2.12. The van der Waals surface area contributed by atoms with Crippen molar-refractivity contribution in [3.63, 3.8) is 0 Å². The Bertz CT molecular complexity index is 647. The van der Waals surface area contributed by atoms with Crippen molar-refractivity contribution in [3.8, 4) is 0 Å². The number of halogens is 1. The van der Waals surface area contributed by atoms with Crippen LogP contribution in [0.3, 0.4) is 0 Å². The molecule has 0 spiro atoms. The minimum Gasteiger partial charge on any atom is -0.378 e. The highest BCUT2D eigenvalue weighted by molar-refractivity contribution is 9.10. The number of aryl methyl sites for hydroxylation is 2. The SMILES string of the molecule is Cc1cc(N(C)C)ccc1NC(=O)c1cc(Br)cn1C. The Morgan fingerprint density at radius 3 is 2.50 bits per heavy atom. The maximum absolute atomic E-state index is 12.3. The van der Waals surface area contributed by atoms with Gasteiger partial charge in [0.2, 0.25) is 0 Å². The van der Waals surface area contributed by atoms with Crippen LogP contribution >= 0.6 is 15.9 Å². The molecule has 0 aliphatic rings. The largest absolute Gasteiger partial charge is 0.378 e. The molecule has 0 saturated heterocycles. The third-order valence-electron chi connectivity index (χ3n) is 3.18. The summed E-state index contributed by atoms with van der Waals surface area (Å²) >= 11 is 3.37. The summed E-state index contributed by atoms with van der Waals surface area (Å²) in [4.78, 5) is 14.3. The van der Waals surface area contributed by atoms with E-state index in [9.17, 15) is 4.79 Å². The van der Waals surface area contributed by atoms with Crippen LogP contribution < -0.4 is 10.2 Å². The molecule has 1 aromatic heterocycles. The monoisotopic (exact) mass is 335 g/mol. The Labute approximate surface area is 127 Å². The minimum absolute atomic E-state index is 0.112. The number of carbonyl (C=O) groups is 1. The summed E-state index contributed by atoms with van der Waals surface area (Å²) in [5.41, 5.74) is 3.60. The second-order valence-electron chi connectivity index (χ2n) is 5.00. The van der Waals surface area contributed by atoms with E-state index in [1.165, 1.54) is 0 Å². The van der Waals surface area contributed by atoms with Crippen molar-refractivity contribution in [1.82, 2.24) is 4.57 Å². The fourth-order valence-electron chi connectivity index (χ4n) is 2.00. The van der Waals surface area contributed by atoms with Gasteiger partial charge in [-0.2, -0.15) is 0 Å². The smallest absolute Gasteiger partial charge is 0.272 e. The Kier molecular flexibility index (Phi) is 4.18. The molecule has 0 radical (unpaired) electrons. The molecule has 1 aromatic carbocycles. The molecular formula is C15H18BrN3O. The zero-order valence-corrected chi connectivity index (χ0v) is 13.7. The van der Waals surface area contributed by atoms with Crippen LogP contribution in [0.4, 0.5) is 11.4 Å². The first-order chi connectivity index (χ1) is 9.38. The normalized spacial score (nSPS) is 10.4. The van der Waals surface area contributed by atoms with E-state index in [1.54, 1.807) is 10.6 Å². The van der Waals surface area contributed by atoms with E-state index in [2.05, 4.69) is 27.3 Å². The van der Waals surface area contributed by atoms with Gasteiger partial charge >= 0.3 is 0 Å². The number of hydrogen-bond donors (Lipinski definition) is 1. The quantitative estimate of drug-likeness (QED) is 0.933. The van der Waals surface area contributed by atoms with Gasteiger partial charge in [0.15, 0.2) is 0 Å². The predicted octanol–water partition coefficient (Wildman–Crippen LogP) is 3.41. The summed E-state index contributed by atoms with van der Waals surface area (Å²) < 4.78 is 2.69. The van der Waals surface area contributed by atoms with Crippen LogP contribution in [-0.2, 0) is 7.05 Å². The molecule has 4 nitrogen and oxygen atoms in total. The molecule has 0 atom stereocenters. The van der Waals surface area contributed by atoms with Crippen LogP contribution in [0, 0.1) is 6.92 Å². The highest BCUT2D eigenvalue weighted by Crippen LogP contribution is 2.22. The van der Waals surface area contributed by atoms with Gasteiger partial charge in [0, 0.05) is 43.2 Å². The molecule has 0 aliphatic heterocycles. The molecule has 1 heterocycles. The van der Waals surface area contributed by atoms with Crippen LogP contribution in [0.2, 0.25) is 0 Å². The van der Waals surface area contributed by atoms with Gasteiger partial charge in [-0.05, 0) is 52.7 Å². The molecule has 0 saturated carbocycles. The van der Waals surface area contributed by atoms with Gasteiger partial charge < -0.3 is 14.8 Å². The number of benzene rings is 1. The zero-order valence-electron chi connectivity index (χ0n) is 12.1. The molecule has 0 unspecified atom stereocenters. The second kappa shape index (κ2) is 5.71. The summed E-state index contributed by atoms with van der Waals surface area (Å²) in [5.74, 6) is -0.112. The maximum atomic E-state index is 12.3. The number of nitrogens with zero attached hydrogens (tertiary/aromatic N) is 2. The van der Waals surface area contributed by atoms with Gasteiger partial charge in [-0.25, -0.2) is 0 Å². The molecule has 5 heteroatoms. The molecule has 1 amide bonds. The Morgan fingerprint density at radius 1 is 1.30 bits per heavy atom. The van der Waals surface area contributed by atoms with Crippen molar-refractivity contribution in [3.05, 3.63) is 46.2 Å². The fraction of sp³-hybridized carbons (Fsp3) is 0.267. The number of nitrogens with one attached hydrogen (secondary N) is 1. The number of amides is 1. The minimum atomic E-state index is -0.112. The summed E-state index contributed by atoms with van der Waals surface area (Å²) in [6, 6.07) is 7.78. The second-order valence-corrected chi connectivity index (χ2v) is 5.92. The van der Waals surface area contributed by atoms with Crippen molar-refractivity contribution in [2.45, 2.75) is 6.92 Å². The molecule has 2 aromatic rings. The van der Waals surface area contributed by atoms with Gasteiger partial charge in [0.1, 0.15) is 5.69 Å². The first-order valence-corrected chi connectivity index (χ1v) is 7.09. The molecule has 0 aliphatic carbocycles. The van der Waals surface area contributed by atoms with E-state index in [0.717, 1.165) is 21.4 Å². The van der Waals surface area contributed by atoms with Crippen molar-refractivity contribution >= 4 is 33.2 Å². The summed E-state index contributed by atoms with van der Waals surface area (Å²) in [5, 5.41) is 2.95. The zero-order chi connectivity index (χ0) is 14.9. The maximum Gasteiger partial charge on any atom is 0.272 e. The van der Waals surface area contributed by atoms with Gasteiger partial charge in [-0.1, -0.05) is 0 Å². The topological polar surface area (TPSA) is 37.3 Å². The lowest BCUT2D eigenvalue weighted by atomic mass is 10.1. The van der Waals surface area contributed by atoms with Gasteiger partial charge in [0.25, 0.3) is 5.91 Å². The predicted molar refractivity (Wildman–Crippen MR) is 86.6 cm³/mol. The lowest BCUT2D eigenvalue weighted by Crippen LogP contribution is -2.16. The summed E-state index contributed by atoms with van der Waals surface area (Å²) in [7, 11) is 5.84. The van der Waals surface area contributed by atoms with Gasteiger partial charge in [-0.15, -0.1) is 0 Å². The first-order valence-electron chi connectivity index (χ1n) is 6.29. The Morgan fingerprint density at radius 2 is 2.00 bits per heavy atom. The van der Waals surface area contributed by atoms with Crippen molar-refractivity contribution in [2.75, 3.05) is 24.3 Å². The highest BCUT2D eigenvalue weighted by atomic mass is 79.9. The Hall–Kier alpha value is -1.75. The average molecular weight is 336 g/mol. The van der Waals surface area contributed by atoms with Crippen LogP contribution in [0.25, 0.3) is 0 Å². The molecule has 106 valence electrons. The Balaban J connectivity index is 2.22. The molecule has 0 fully saturated rings. The van der Waals surface area contributed by atoms with E-state index < -0.39 is 0 Å². The van der Waals surface area contributed by atoms with E-state index in [-0.39, 0.29) is 5.91 Å². The third-order valence-corrected chi connectivity index (χ3v) is 3.61. The molecule has 0 bridgehead atoms. The number of aromatic nitrogens is 1. The number of hydrogen-bond acceptors (Lipinski definition) is 2. The van der Waals surface area contributed by atoms with E-state index in [1.807, 2.05) is 51.3 Å². The fourth-order valence-corrected chi connectivity index (χ4v) is 2.53. The first kappa shape index (κ1) is 14.7. The van der Waals surface area contributed by atoms with E-state index >= 15 is 0 Å². The molecule has 20 heavy (non-hydrogen) atoms. The van der Waals surface area contributed by atoms with E-state index in [0.29, 0.717) is 5.69 Å². The molecular weight excluding hydrogens is 318 g/mol. The van der Waals surface area contributed by atoms with Crippen molar-refractivity contribution in [2.24, 2.45) is 7.05 Å². The molecule has 2 rings (SSSR count). The van der Waals surface area contributed by atoms with Crippen molar-refractivity contribution in [1.29, 1.82) is 0 Å². The lowest BCUT2D eigenvalue weighted by molar-refractivity contribution is 0.101. The van der Waals surface area contributed by atoms with Crippen LogP contribution in [0.5, 0.6) is 0 Å². The van der Waals surface area contributed by atoms with Crippen LogP contribution in [-0.4, -0.2) is 24.6 Å². The number of carbonyl (C=O) groups excluding carboxylic acids is 1. The van der Waals surface area contributed by atoms with Crippen LogP contribution in [0.15, 0.2) is 34.9 Å². The number of anilines is 2. The average Bonchev–Trinajstić information content (AvgIpc) is 2.70. The van der Waals surface area contributed by atoms with E-state index in [4.69, 9.17) is 0 Å². The lowest BCUT2D eigenvalue weighted by Gasteiger charge is -2.15. The standard InChI is InChI=1S/C15H18BrN3O/c1-10-7-12(18(2)3)5-6-13(10)17-15(20)14-8-11(16)9-19(14)4/h5-9H,1-4H3,(H,17,20). The number of rotatable bonds is 3. The van der Waals surface area contributed by atoms with Gasteiger partial charge in [0.05, 0.1) is 0 Å². The third kappa shape index (κ3) is 3.04. The van der Waals surface area contributed by atoms with Gasteiger partial charge in [-0.3, -0.25) is 4.79 Å². The van der Waals surface area contributed by atoms with Crippen LogP contribution in [0.1, 0.15) is 16.1 Å².